The molecule has 0 aromatic heterocycles. The van der Waals surface area contributed by atoms with E-state index in [0.717, 1.165) is 13.0 Å². The van der Waals surface area contributed by atoms with Gasteiger partial charge in [0.15, 0.2) is 0 Å². The van der Waals surface area contributed by atoms with E-state index in [2.05, 4.69) is 5.10 Å². The van der Waals surface area contributed by atoms with Crippen LogP contribution in [0.25, 0.3) is 0 Å². The van der Waals surface area contributed by atoms with Gasteiger partial charge in [-0.2, -0.15) is 5.10 Å². The summed E-state index contributed by atoms with van der Waals surface area (Å²) in [5.41, 5.74) is 1.79. The number of nitrogens with zero attached hydrogens (tertiary/aromatic N) is 2. The van der Waals surface area contributed by atoms with Crippen molar-refractivity contribution in [3.05, 3.63) is 0 Å². The lowest BCUT2D eigenvalue weighted by Gasteiger charge is -2.16. The normalized spacial score (nSPS) is 32.2. The van der Waals surface area contributed by atoms with Crippen molar-refractivity contribution in [1.82, 2.24) is 5.01 Å². The predicted octanol–water partition coefficient (Wildman–Crippen LogP) is 0.497. The smallest absolute Gasteiger partial charge is 0.311 e. The van der Waals surface area contributed by atoms with Gasteiger partial charge >= 0.3 is 5.97 Å². The number of fused-ring (bicyclic) bond motifs is 1. The SMILES string of the molecule is COC(=O)[C@H]1CCN2N=CSC12. The van der Waals surface area contributed by atoms with E-state index < -0.39 is 0 Å². The first-order chi connectivity index (χ1) is 5.83. The van der Waals surface area contributed by atoms with E-state index in [9.17, 15) is 4.79 Å². The third-order valence-corrected chi connectivity index (χ3v) is 3.27. The number of thioether (sulfide) groups is 1. The minimum absolute atomic E-state index is 0.00231. The maximum atomic E-state index is 11.2. The predicted molar refractivity (Wildman–Crippen MR) is 46.7 cm³/mol. The topological polar surface area (TPSA) is 41.9 Å². The molecule has 2 rings (SSSR count). The average Bonchev–Trinajstić information content (AvgIpc) is 2.62. The van der Waals surface area contributed by atoms with Gasteiger partial charge in [-0.15, -0.1) is 0 Å². The van der Waals surface area contributed by atoms with Crippen LogP contribution in [-0.2, 0) is 9.53 Å². The zero-order valence-corrected chi connectivity index (χ0v) is 7.58. The number of ether oxygens (including phenoxy) is 1. The summed E-state index contributed by atoms with van der Waals surface area (Å²) in [6.07, 6.45) is 0.863. The molecular formula is C7H10N2O2S. The summed E-state index contributed by atoms with van der Waals surface area (Å²) in [6.45, 7) is 0.869. The van der Waals surface area contributed by atoms with E-state index in [-0.39, 0.29) is 17.3 Å². The second-order valence-corrected chi connectivity index (χ2v) is 3.79. The Labute approximate surface area is 74.9 Å². The molecule has 0 saturated carbocycles. The molecule has 12 heavy (non-hydrogen) atoms. The number of rotatable bonds is 1. The molecule has 0 aromatic carbocycles. The zero-order valence-electron chi connectivity index (χ0n) is 6.77. The number of carbonyl (C=O) groups is 1. The van der Waals surface area contributed by atoms with Gasteiger partial charge in [-0.25, -0.2) is 0 Å². The minimum Gasteiger partial charge on any atom is -0.469 e. The van der Waals surface area contributed by atoms with Crippen molar-refractivity contribution >= 4 is 23.3 Å². The van der Waals surface area contributed by atoms with Crippen molar-refractivity contribution in [2.45, 2.75) is 11.8 Å². The molecule has 66 valence electrons. The summed E-state index contributed by atoms with van der Waals surface area (Å²) in [7, 11) is 1.44. The van der Waals surface area contributed by atoms with E-state index >= 15 is 0 Å². The van der Waals surface area contributed by atoms with Crippen molar-refractivity contribution in [2.24, 2.45) is 11.0 Å². The Morgan fingerprint density at radius 1 is 1.83 bits per heavy atom. The molecular weight excluding hydrogens is 176 g/mol. The number of esters is 1. The Bertz CT molecular complexity index is 231. The van der Waals surface area contributed by atoms with E-state index in [1.54, 1.807) is 17.3 Å². The maximum Gasteiger partial charge on any atom is 0.311 e. The lowest BCUT2D eigenvalue weighted by atomic mass is 10.1. The Hall–Kier alpha value is -0.710. The first-order valence-electron chi connectivity index (χ1n) is 3.85. The molecule has 2 heterocycles. The second kappa shape index (κ2) is 2.97. The van der Waals surface area contributed by atoms with Crippen LogP contribution in [0.3, 0.4) is 0 Å². The lowest BCUT2D eigenvalue weighted by molar-refractivity contribution is -0.145. The van der Waals surface area contributed by atoms with Crippen molar-refractivity contribution in [3.8, 4) is 0 Å². The van der Waals surface area contributed by atoms with Gasteiger partial charge in [0.2, 0.25) is 0 Å². The summed E-state index contributed by atoms with van der Waals surface area (Å²) in [5.74, 6) is -0.108. The Morgan fingerprint density at radius 2 is 2.67 bits per heavy atom. The third-order valence-electron chi connectivity index (χ3n) is 2.21. The van der Waals surface area contributed by atoms with Crippen molar-refractivity contribution in [2.75, 3.05) is 13.7 Å². The van der Waals surface area contributed by atoms with Gasteiger partial charge in [0.1, 0.15) is 5.37 Å². The van der Waals surface area contributed by atoms with Crippen molar-refractivity contribution < 1.29 is 9.53 Å². The van der Waals surface area contributed by atoms with Gasteiger partial charge in [-0.05, 0) is 6.42 Å². The molecule has 0 aliphatic carbocycles. The number of hydrogen-bond donors (Lipinski definition) is 0. The Morgan fingerprint density at radius 3 is 3.42 bits per heavy atom. The molecule has 2 atom stereocenters. The maximum absolute atomic E-state index is 11.2. The van der Waals surface area contributed by atoms with E-state index in [1.165, 1.54) is 7.11 Å². The fourth-order valence-corrected chi connectivity index (χ4v) is 2.61. The van der Waals surface area contributed by atoms with Crippen LogP contribution in [0.5, 0.6) is 0 Å². The monoisotopic (exact) mass is 186 g/mol. The van der Waals surface area contributed by atoms with Crippen LogP contribution in [-0.4, -0.2) is 35.6 Å². The van der Waals surface area contributed by atoms with Gasteiger partial charge in [-0.3, -0.25) is 9.80 Å². The first kappa shape index (κ1) is 7.91. The number of carbonyl (C=O) groups excluding carboxylic acids is 1. The molecule has 1 saturated heterocycles. The molecule has 5 heteroatoms. The first-order valence-corrected chi connectivity index (χ1v) is 4.79. The summed E-state index contributed by atoms with van der Waals surface area (Å²) >= 11 is 1.60. The lowest BCUT2D eigenvalue weighted by Crippen LogP contribution is -2.27. The van der Waals surface area contributed by atoms with E-state index in [1.807, 2.05) is 5.01 Å². The minimum atomic E-state index is -0.111. The molecule has 0 bridgehead atoms. The Kier molecular flexibility index (Phi) is 1.96. The molecule has 1 unspecified atom stereocenters. The van der Waals surface area contributed by atoms with Crippen LogP contribution in [0.2, 0.25) is 0 Å². The molecule has 2 aliphatic rings. The highest BCUT2D eigenvalue weighted by molar-refractivity contribution is 8.12. The highest BCUT2D eigenvalue weighted by Gasteiger charge is 2.41. The van der Waals surface area contributed by atoms with Crippen molar-refractivity contribution in [1.29, 1.82) is 0 Å². The van der Waals surface area contributed by atoms with Crippen LogP contribution in [0.4, 0.5) is 0 Å². The average molecular weight is 186 g/mol. The number of hydrogen-bond acceptors (Lipinski definition) is 5. The van der Waals surface area contributed by atoms with Crippen LogP contribution < -0.4 is 0 Å². The van der Waals surface area contributed by atoms with Gasteiger partial charge < -0.3 is 4.74 Å². The van der Waals surface area contributed by atoms with Gasteiger partial charge in [0.05, 0.1) is 18.6 Å². The molecule has 0 radical (unpaired) electrons. The highest BCUT2D eigenvalue weighted by atomic mass is 32.2. The quantitative estimate of drug-likeness (QED) is 0.559. The summed E-state index contributed by atoms with van der Waals surface area (Å²) < 4.78 is 4.71. The summed E-state index contributed by atoms with van der Waals surface area (Å²) in [6, 6.07) is 0. The summed E-state index contributed by atoms with van der Waals surface area (Å²) in [5, 5.41) is 6.27. The van der Waals surface area contributed by atoms with Crippen LogP contribution in [0.1, 0.15) is 6.42 Å². The largest absolute Gasteiger partial charge is 0.469 e. The van der Waals surface area contributed by atoms with Crippen LogP contribution >= 0.6 is 11.8 Å². The third kappa shape index (κ3) is 1.08. The second-order valence-electron chi connectivity index (χ2n) is 2.83. The number of hydrazone groups is 1. The van der Waals surface area contributed by atoms with Gasteiger partial charge in [0.25, 0.3) is 0 Å². The fourth-order valence-electron chi connectivity index (χ4n) is 1.57. The van der Waals surface area contributed by atoms with E-state index in [4.69, 9.17) is 4.74 Å². The summed E-state index contributed by atoms with van der Waals surface area (Å²) in [4.78, 5) is 11.2. The van der Waals surface area contributed by atoms with Crippen LogP contribution in [0.15, 0.2) is 5.10 Å². The van der Waals surface area contributed by atoms with Crippen molar-refractivity contribution in [3.63, 3.8) is 0 Å². The molecule has 0 amide bonds. The van der Waals surface area contributed by atoms with Gasteiger partial charge in [-0.1, -0.05) is 11.8 Å². The van der Waals surface area contributed by atoms with Gasteiger partial charge in [0, 0.05) is 6.54 Å². The highest BCUT2D eigenvalue weighted by Crippen LogP contribution is 2.36. The molecule has 2 aliphatic heterocycles. The Balaban J connectivity index is 2.06. The molecule has 4 nitrogen and oxygen atoms in total. The number of methoxy groups -OCH3 is 1. The molecule has 0 N–H and O–H groups in total. The van der Waals surface area contributed by atoms with E-state index in [0.29, 0.717) is 0 Å². The standard InChI is InChI=1S/C7H10N2O2S/c1-11-7(10)5-2-3-9-6(5)12-4-8-9/h4-6H,2-3H2,1H3/t5-,6?/m0/s1. The molecule has 0 spiro atoms. The fraction of sp³-hybridized carbons (Fsp3) is 0.714. The molecule has 0 aromatic rings. The molecule has 1 fully saturated rings. The van der Waals surface area contributed by atoms with Crippen LogP contribution in [0, 0.1) is 5.92 Å². The zero-order chi connectivity index (χ0) is 8.55.